The van der Waals surface area contributed by atoms with Crippen LogP contribution in [0.4, 0.5) is 26.5 Å². The molecule has 0 radical (unpaired) electrons. The molecule has 0 aliphatic carbocycles. The minimum atomic E-state index is -1.20. The van der Waals surface area contributed by atoms with Gasteiger partial charge in [-0.2, -0.15) is 0 Å². The Morgan fingerprint density at radius 3 is 2.66 bits per heavy atom. The third-order valence-corrected chi connectivity index (χ3v) is 5.00. The number of halogens is 1. The largest absolute Gasteiger partial charge is 0.476 e. The van der Waals surface area contributed by atoms with Crippen LogP contribution in [0.3, 0.4) is 0 Å². The van der Waals surface area contributed by atoms with Gasteiger partial charge in [0.25, 0.3) is 5.91 Å². The van der Waals surface area contributed by atoms with E-state index in [1.165, 1.54) is 17.1 Å². The topological polar surface area (TPSA) is 182 Å². The zero-order valence-electron chi connectivity index (χ0n) is 19.3. The lowest BCUT2D eigenvalue weighted by atomic mass is 10.1. The van der Waals surface area contributed by atoms with Crippen LogP contribution in [0.1, 0.15) is 37.6 Å². The van der Waals surface area contributed by atoms with E-state index in [0.29, 0.717) is 30.3 Å². The number of nitrogens with zero attached hydrogens (tertiary/aromatic N) is 5. The van der Waals surface area contributed by atoms with Gasteiger partial charge in [0.15, 0.2) is 11.6 Å². The number of carbonyl (C=O) groups is 2. The van der Waals surface area contributed by atoms with Crippen LogP contribution in [0.2, 0.25) is 0 Å². The van der Waals surface area contributed by atoms with E-state index in [-0.39, 0.29) is 17.2 Å². The smallest absolute Gasteiger partial charge is 0.404 e. The number of nitrogens with two attached hydrogens (primary N) is 1. The zero-order valence-corrected chi connectivity index (χ0v) is 19.3. The first-order valence-corrected chi connectivity index (χ1v) is 10.8. The number of anilines is 3. The lowest BCUT2D eigenvalue weighted by molar-refractivity contribution is 0.1000. The van der Waals surface area contributed by atoms with Crippen molar-refractivity contribution in [1.82, 2.24) is 30.3 Å². The van der Waals surface area contributed by atoms with Crippen LogP contribution in [-0.2, 0) is 0 Å². The van der Waals surface area contributed by atoms with E-state index in [2.05, 4.69) is 36.2 Å². The van der Waals surface area contributed by atoms with Gasteiger partial charge in [-0.1, -0.05) is 12.1 Å². The number of aromatic nitrogens is 5. The highest BCUT2D eigenvalue weighted by Gasteiger charge is 2.22. The van der Waals surface area contributed by atoms with E-state index in [0.717, 1.165) is 6.07 Å². The highest BCUT2D eigenvalue weighted by molar-refractivity contribution is 5.98. The van der Waals surface area contributed by atoms with Gasteiger partial charge >= 0.3 is 6.09 Å². The fraction of sp³-hybridized carbons (Fsp3) is 0.333. The highest BCUT2D eigenvalue weighted by Crippen LogP contribution is 2.28. The first kappa shape index (κ1) is 25.1. The van der Waals surface area contributed by atoms with E-state index < -0.39 is 29.9 Å². The van der Waals surface area contributed by atoms with Gasteiger partial charge in [0.05, 0.1) is 36.4 Å². The Morgan fingerprint density at radius 1 is 1.29 bits per heavy atom. The Labute approximate surface area is 199 Å². The molecule has 0 saturated heterocycles. The molecule has 3 heterocycles. The summed E-state index contributed by atoms with van der Waals surface area (Å²) in [4.78, 5) is 31.5. The van der Waals surface area contributed by atoms with Crippen LogP contribution in [0, 0.1) is 5.82 Å². The molecule has 0 spiro atoms. The van der Waals surface area contributed by atoms with Crippen LogP contribution in [0.15, 0.2) is 30.7 Å². The van der Waals surface area contributed by atoms with Crippen LogP contribution >= 0.6 is 0 Å². The number of pyridine rings is 2. The Hall–Kier alpha value is -4.49. The van der Waals surface area contributed by atoms with E-state index >= 15 is 0 Å². The molecule has 14 heteroatoms. The lowest BCUT2D eigenvalue weighted by Crippen LogP contribution is -2.44. The first-order chi connectivity index (χ1) is 16.7. The molecule has 0 aliphatic rings. The summed E-state index contributed by atoms with van der Waals surface area (Å²) >= 11 is 0. The summed E-state index contributed by atoms with van der Waals surface area (Å²) in [5, 5.41) is 24.9. The molecular weight excluding hydrogens is 461 g/mol. The molecular formula is C21H26FN9O4. The summed E-state index contributed by atoms with van der Waals surface area (Å²) in [6.07, 6.45) is 3.80. The number of nitrogens with one attached hydrogen (secondary N) is 3. The molecule has 0 fully saturated rings. The SMILES string of the molecule is CCOc1ncc(Nc2nc(N[C@H](CC)[C@H](C)NC(=O)O)c(F)cc2C(N)=O)cc1-n1ccnn1. The molecule has 186 valence electrons. The Morgan fingerprint density at radius 2 is 2.06 bits per heavy atom. The molecule has 3 rings (SSSR count). The monoisotopic (exact) mass is 487 g/mol. The molecule has 6 N–H and O–H groups in total. The zero-order chi connectivity index (χ0) is 25.5. The van der Waals surface area contributed by atoms with Crippen molar-refractivity contribution < 1.29 is 23.8 Å². The van der Waals surface area contributed by atoms with Gasteiger partial charge in [-0.15, -0.1) is 5.10 Å². The Balaban J connectivity index is 1.97. The fourth-order valence-corrected chi connectivity index (χ4v) is 3.32. The second-order valence-electron chi connectivity index (χ2n) is 7.43. The van der Waals surface area contributed by atoms with Crippen LogP contribution in [-0.4, -0.2) is 60.8 Å². The summed E-state index contributed by atoms with van der Waals surface area (Å²) in [5.74, 6) is -1.62. The third-order valence-electron chi connectivity index (χ3n) is 5.00. The number of ether oxygens (including phenoxy) is 1. The third kappa shape index (κ3) is 6.10. The van der Waals surface area contributed by atoms with Crippen molar-refractivity contribution in [3.63, 3.8) is 0 Å². The van der Waals surface area contributed by atoms with Gasteiger partial charge in [0, 0.05) is 12.1 Å². The minimum absolute atomic E-state index is 0.0226. The standard InChI is InChI=1S/C21H26FN9O4/c1-4-15(11(3)26-21(33)34)28-19-14(22)9-13(17(23)32)18(29-19)27-12-8-16(31-7-6-25-30-31)20(24-10-12)35-5-2/h6-11,15,26H,4-5H2,1-3H3,(H2,23,32)(H,33,34)(H2,27,28,29)/t11-,15+/m0/s1. The van der Waals surface area contributed by atoms with E-state index in [4.69, 9.17) is 15.6 Å². The molecule has 3 aromatic rings. The maximum Gasteiger partial charge on any atom is 0.404 e. The first-order valence-electron chi connectivity index (χ1n) is 10.8. The summed E-state index contributed by atoms with van der Waals surface area (Å²) in [7, 11) is 0. The maximum atomic E-state index is 14.8. The molecule has 0 aromatic carbocycles. The number of hydrogen-bond donors (Lipinski definition) is 5. The molecule has 2 atom stereocenters. The summed E-state index contributed by atoms with van der Waals surface area (Å²) in [5.41, 5.74) is 6.12. The Bertz CT molecular complexity index is 1190. The van der Waals surface area contributed by atoms with Crippen LogP contribution in [0.25, 0.3) is 5.69 Å². The van der Waals surface area contributed by atoms with Gasteiger partial charge in [-0.3, -0.25) is 4.79 Å². The normalized spacial score (nSPS) is 12.5. The second-order valence-corrected chi connectivity index (χ2v) is 7.43. The van der Waals surface area contributed by atoms with E-state index in [1.54, 1.807) is 19.2 Å². The Kier molecular flexibility index (Phi) is 7.96. The van der Waals surface area contributed by atoms with Crippen molar-refractivity contribution in [3.8, 4) is 11.6 Å². The maximum absolute atomic E-state index is 14.8. The van der Waals surface area contributed by atoms with Gasteiger partial charge in [-0.05, 0) is 32.4 Å². The van der Waals surface area contributed by atoms with Crippen molar-refractivity contribution in [3.05, 3.63) is 42.1 Å². The summed E-state index contributed by atoms with van der Waals surface area (Å²) in [6, 6.07) is 1.57. The number of carbonyl (C=O) groups excluding carboxylic acids is 1. The predicted molar refractivity (Wildman–Crippen MR) is 125 cm³/mol. The van der Waals surface area contributed by atoms with Crippen molar-refractivity contribution in [2.75, 3.05) is 17.2 Å². The molecule has 2 amide bonds. The van der Waals surface area contributed by atoms with Crippen LogP contribution in [0.5, 0.6) is 5.88 Å². The van der Waals surface area contributed by atoms with Gasteiger partial charge in [0.2, 0.25) is 5.88 Å². The molecule has 3 aromatic heterocycles. The van der Waals surface area contributed by atoms with Crippen LogP contribution < -0.4 is 26.4 Å². The second kappa shape index (κ2) is 11.1. The van der Waals surface area contributed by atoms with Crippen molar-refractivity contribution in [2.45, 2.75) is 39.3 Å². The van der Waals surface area contributed by atoms with E-state index in [9.17, 15) is 14.0 Å². The molecule has 0 unspecified atom stereocenters. The average molecular weight is 487 g/mol. The molecule has 13 nitrogen and oxygen atoms in total. The predicted octanol–water partition coefficient (Wildman–Crippen LogP) is 2.28. The fourth-order valence-electron chi connectivity index (χ4n) is 3.32. The summed E-state index contributed by atoms with van der Waals surface area (Å²) < 4.78 is 21.8. The van der Waals surface area contributed by atoms with Gasteiger partial charge < -0.3 is 31.5 Å². The lowest BCUT2D eigenvalue weighted by Gasteiger charge is -2.25. The number of amides is 2. The summed E-state index contributed by atoms with van der Waals surface area (Å²) in [6.45, 7) is 5.63. The average Bonchev–Trinajstić information content (AvgIpc) is 3.34. The number of primary amides is 1. The molecule has 0 bridgehead atoms. The minimum Gasteiger partial charge on any atom is -0.476 e. The number of carboxylic acid groups (broad SMARTS) is 1. The highest BCUT2D eigenvalue weighted by atomic mass is 19.1. The number of hydrogen-bond acceptors (Lipinski definition) is 9. The van der Waals surface area contributed by atoms with Gasteiger partial charge in [-0.25, -0.2) is 23.8 Å². The molecule has 0 saturated carbocycles. The molecule has 35 heavy (non-hydrogen) atoms. The van der Waals surface area contributed by atoms with Crippen molar-refractivity contribution >= 4 is 29.3 Å². The quantitative estimate of drug-likeness (QED) is 0.269. The molecule has 0 aliphatic heterocycles. The van der Waals surface area contributed by atoms with Crippen molar-refractivity contribution in [2.24, 2.45) is 5.73 Å². The van der Waals surface area contributed by atoms with E-state index in [1.807, 2.05) is 13.8 Å². The number of rotatable bonds is 11. The van der Waals surface area contributed by atoms with Gasteiger partial charge in [0.1, 0.15) is 11.5 Å². The van der Waals surface area contributed by atoms with Crippen molar-refractivity contribution in [1.29, 1.82) is 0 Å².